The van der Waals surface area contributed by atoms with E-state index in [4.69, 9.17) is 24.1 Å². The number of esters is 4. The summed E-state index contributed by atoms with van der Waals surface area (Å²) in [6.45, 7) is 12.2. The van der Waals surface area contributed by atoms with Crippen molar-refractivity contribution < 1.29 is 47.7 Å². The average molecular weight is 547 g/mol. The minimum atomic E-state index is -1.32. The molecule has 10 heteroatoms. The number of aliphatic hydroxyl groups is 1. The molecule has 0 aliphatic rings. The first-order valence-electron chi connectivity index (χ1n) is 13.3. The minimum absolute atomic E-state index is 0.00350. The van der Waals surface area contributed by atoms with Crippen molar-refractivity contribution in [2.45, 2.75) is 74.1 Å². The highest BCUT2D eigenvalue weighted by atomic mass is 16.5. The van der Waals surface area contributed by atoms with Gasteiger partial charge in [0.1, 0.15) is 19.8 Å². The number of quaternary nitrogens is 1. The summed E-state index contributed by atoms with van der Waals surface area (Å²) in [5.41, 5.74) is -4.76. The number of rotatable bonds is 17. The number of carbonyl (C=O) groups is 4. The molecular weight excluding hydrogens is 494 g/mol. The Bertz CT molecular complexity index is 820. The number of methoxy groups -OCH3 is 1. The molecule has 0 bridgehead atoms. The van der Waals surface area contributed by atoms with E-state index >= 15 is 0 Å². The Morgan fingerprint density at radius 2 is 1.16 bits per heavy atom. The zero-order chi connectivity index (χ0) is 30.0. The Morgan fingerprint density at radius 1 is 0.684 bits per heavy atom. The molecule has 0 saturated heterocycles. The van der Waals surface area contributed by atoms with Crippen molar-refractivity contribution >= 4 is 23.9 Å². The Balaban J connectivity index is 6.58. The number of hydrogen-bond donors (Lipinski definition) is 1. The van der Waals surface area contributed by atoms with Crippen LogP contribution in [0.1, 0.15) is 74.1 Å². The highest BCUT2D eigenvalue weighted by molar-refractivity contribution is 5.84. The van der Waals surface area contributed by atoms with Crippen LogP contribution in [-0.4, -0.2) is 94.7 Å². The molecular formula is C28H52NO9+. The quantitative estimate of drug-likeness (QED) is 0.166. The summed E-state index contributed by atoms with van der Waals surface area (Å²) in [6, 6.07) is 0. The predicted molar refractivity (Wildman–Crippen MR) is 143 cm³/mol. The van der Waals surface area contributed by atoms with Crippen LogP contribution in [0.3, 0.4) is 0 Å². The molecule has 38 heavy (non-hydrogen) atoms. The first-order valence-corrected chi connectivity index (χ1v) is 13.3. The van der Waals surface area contributed by atoms with Crippen molar-refractivity contribution in [2.24, 2.45) is 21.7 Å². The molecule has 0 aliphatic heterocycles. The van der Waals surface area contributed by atoms with E-state index in [0.717, 1.165) is 0 Å². The second kappa shape index (κ2) is 14.3. The Morgan fingerprint density at radius 3 is 1.61 bits per heavy atom. The van der Waals surface area contributed by atoms with Gasteiger partial charge in [0.05, 0.1) is 63.1 Å². The largest absolute Gasteiger partial charge is 0.469 e. The number of carbonyl (C=O) groups excluding carboxylic acids is 4. The van der Waals surface area contributed by atoms with E-state index in [1.165, 1.54) is 7.11 Å². The van der Waals surface area contributed by atoms with Crippen LogP contribution in [0, 0.1) is 21.7 Å². The molecule has 0 rings (SSSR count). The maximum absolute atomic E-state index is 13.7. The third kappa shape index (κ3) is 10.5. The van der Waals surface area contributed by atoms with Gasteiger partial charge >= 0.3 is 23.9 Å². The van der Waals surface area contributed by atoms with Gasteiger partial charge in [-0.25, -0.2) is 0 Å². The topological polar surface area (TPSA) is 125 Å². The van der Waals surface area contributed by atoms with E-state index in [2.05, 4.69) is 0 Å². The van der Waals surface area contributed by atoms with E-state index in [9.17, 15) is 19.2 Å². The third-order valence-corrected chi connectivity index (χ3v) is 6.98. The molecule has 0 aromatic carbocycles. The van der Waals surface area contributed by atoms with Gasteiger partial charge in [-0.2, -0.15) is 0 Å². The van der Waals surface area contributed by atoms with Gasteiger partial charge in [0.15, 0.2) is 0 Å². The predicted octanol–water partition coefficient (Wildman–Crippen LogP) is 3.13. The molecule has 0 spiro atoms. The first kappa shape index (κ1) is 35.8. The maximum Gasteiger partial charge on any atom is 0.312 e. The van der Waals surface area contributed by atoms with E-state index in [-0.39, 0.29) is 45.7 Å². The van der Waals surface area contributed by atoms with Gasteiger partial charge in [-0.1, -0.05) is 6.92 Å². The SMILES string of the molecule is CCOC(=O)C(C)(CC(C)(CC)C(=O)OC)CC(C)(CC(C)(C)C(=O)OCCO)C(=O)OCC[N+](C)(C)C. The van der Waals surface area contributed by atoms with Crippen LogP contribution in [0.5, 0.6) is 0 Å². The molecule has 0 saturated carbocycles. The summed E-state index contributed by atoms with van der Waals surface area (Å²) < 4.78 is 21.9. The maximum atomic E-state index is 13.7. The fraction of sp³-hybridized carbons (Fsp3) is 0.857. The van der Waals surface area contributed by atoms with Gasteiger partial charge in [-0.05, 0) is 67.2 Å². The van der Waals surface area contributed by atoms with Crippen LogP contribution in [0.15, 0.2) is 0 Å². The van der Waals surface area contributed by atoms with Crippen LogP contribution < -0.4 is 0 Å². The number of hydrogen-bond acceptors (Lipinski definition) is 9. The summed E-state index contributed by atoms with van der Waals surface area (Å²) in [5.74, 6) is -2.14. The smallest absolute Gasteiger partial charge is 0.312 e. The lowest BCUT2D eigenvalue weighted by atomic mass is 9.61. The van der Waals surface area contributed by atoms with E-state index in [1.54, 1.807) is 41.5 Å². The zero-order valence-corrected chi connectivity index (χ0v) is 25.5. The Labute approximate surface area is 228 Å². The number of aliphatic hydroxyl groups excluding tert-OH is 1. The fourth-order valence-electron chi connectivity index (χ4n) is 5.00. The molecule has 0 aromatic rings. The number of nitrogens with zero attached hydrogens (tertiary/aromatic N) is 1. The van der Waals surface area contributed by atoms with Crippen LogP contribution >= 0.6 is 0 Å². The van der Waals surface area contributed by atoms with Gasteiger partial charge in [0.25, 0.3) is 0 Å². The monoisotopic (exact) mass is 546 g/mol. The van der Waals surface area contributed by atoms with Crippen molar-refractivity contribution in [3.05, 3.63) is 0 Å². The van der Waals surface area contributed by atoms with Crippen molar-refractivity contribution in [3.63, 3.8) is 0 Å². The van der Waals surface area contributed by atoms with E-state index in [1.807, 2.05) is 28.1 Å². The lowest BCUT2D eigenvalue weighted by Gasteiger charge is -2.42. The highest BCUT2D eigenvalue weighted by Crippen LogP contribution is 2.49. The van der Waals surface area contributed by atoms with Gasteiger partial charge < -0.3 is 28.5 Å². The van der Waals surface area contributed by atoms with Gasteiger partial charge in [0.2, 0.25) is 0 Å². The molecule has 222 valence electrons. The molecule has 0 heterocycles. The third-order valence-electron chi connectivity index (χ3n) is 6.98. The number of likely N-dealkylation sites (N-methyl/N-ethyl adjacent to an activating group) is 1. The summed E-state index contributed by atoms with van der Waals surface area (Å²) in [7, 11) is 7.23. The Hall–Kier alpha value is -2.20. The normalized spacial score (nSPS) is 16.8. The zero-order valence-electron chi connectivity index (χ0n) is 25.5. The number of ether oxygens (including phenoxy) is 4. The van der Waals surface area contributed by atoms with E-state index < -0.39 is 45.5 Å². The van der Waals surface area contributed by atoms with Gasteiger partial charge in [-0.3, -0.25) is 19.2 Å². The van der Waals surface area contributed by atoms with Crippen molar-refractivity contribution in [1.82, 2.24) is 0 Å². The second-order valence-corrected chi connectivity index (χ2v) is 12.7. The molecule has 10 nitrogen and oxygen atoms in total. The van der Waals surface area contributed by atoms with E-state index in [0.29, 0.717) is 17.4 Å². The van der Waals surface area contributed by atoms with Crippen LogP contribution in [0.25, 0.3) is 0 Å². The average Bonchev–Trinajstić information content (AvgIpc) is 2.80. The van der Waals surface area contributed by atoms with Gasteiger partial charge in [0, 0.05) is 0 Å². The van der Waals surface area contributed by atoms with Crippen LogP contribution in [-0.2, 0) is 38.1 Å². The lowest BCUT2D eigenvalue weighted by molar-refractivity contribution is -0.870. The standard InChI is InChI=1S/C28H52NO9/c1-12-26(5,22(32)35-11)19-28(7,23(33)36-13-2)20-27(6,24(34)37-16-14-29(8,9)10)18-25(3,4)21(31)38-17-15-30/h30H,12-20H2,1-11H3/q+1. The first-order chi connectivity index (χ1) is 17.3. The molecule has 3 unspecified atom stereocenters. The lowest BCUT2D eigenvalue weighted by Crippen LogP contribution is -2.47. The molecule has 0 aromatic heterocycles. The summed E-state index contributed by atoms with van der Waals surface area (Å²) >= 11 is 0. The fourth-order valence-corrected chi connectivity index (χ4v) is 5.00. The summed E-state index contributed by atoms with van der Waals surface area (Å²) in [4.78, 5) is 52.7. The molecule has 3 atom stereocenters. The molecule has 0 amide bonds. The molecule has 1 N–H and O–H groups in total. The van der Waals surface area contributed by atoms with Crippen LogP contribution in [0.4, 0.5) is 0 Å². The molecule has 0 aliphatic carbocycles. The van der Waals surface area contributed by atoms with Gasteiger partial charge in [-0.15, -0.1) is 0 Å². The molecule has 0 radical (unpaired) electrons. The summed E-state index contributed by atoms with van der Waals surface area (Å²) in [5, 5.41) is 9.08. The Kier molecular flexibility index (Phi) is 13.4. The van der Waals surface area contributed by atoms with Crippen molar-refractivity contribution in [2.75, 3.05) is 61.2 Å². The highest BCUT2D eigenvalue weighted by Gasteiger charge is 2.53. The van der Waals surface area contributed by atoms with Crippen molar-refractivity contribution in [1.29, 1.82) is 0 Å². The van der Waals surface area contributed by atoms with Crippen molar-refractivity contribution in [3.8, 4) is 0 Å². The summed E-state index contributed by atoms with van der Waals surface area (Å²) in [6.07, 6.45) is 0.437. The second-order valence-electron chi connectivity index (χ2n) is 12.7. The minimum Gasteiger partial charge on any atom is -0.469 e. The van der Waals surface area contributed by atoms with Crippen LogP contribution in [0.2, 0.25) is 0 Å². The molecule has 0 fully saturated rings.